The van der Waals surface area contributed by atoms with Crippen molar-refractivity contribution in [1.29, 1.82) is 0 Å². The molecule has 0 spiro atoms. The van der Waals surface area contributed by atoms with Gasteiger partial charge in [-0.25, -0.2) is 4.98 Å². The molecule has 0 radical (unpaired) electrons. The Labute approximate surface area is 168 Å². The summed E-state index contributed by atoms with van der Waals surface area (Å²) in [6.07, 6.45) is 8.13. The first-order chi connectivity index (χ1) is 13.6. The minimum Gasteiger partial charge on any atom is -0.385 e. The third kappa shape index (κ3) is 7.46. The molecule has 3 N–H and O–H groups in total. The van der Waals surface area contributed by atoms with Gasteiger partial charge in [0.1, 0.15) is 5.82 Å². The van der Waals surface area contributed by atoms with Gasteiger partial charge in [0.2, 0.25) is 5.91 Å². The van der Waals surface area contributed by atoms with E-state index in [1.807, 2.05) is 26.0 Å². The van der Waals surface area contributed by atoms with Crippen LogP contribution in [0.3, 0.4) is 0 Å². The predicted molar refractivity (Wildman–Crippen MR) is 114 cm³/mol. The zero-order chi connectivity index (χ0) is 20.2. The van der Waals surface area contributed by atoms with Crippen LogP contribution in [-0.2, 0) is 9.53 Å². The predicted octanol–water partition coefficient (Wildman–Crippen LogP) is 2.87. The lowest BCUT2D eigenvalue weighted by atomic mass is 9.83. The average Bonchev–Trinajstić information content (AvgIpc) is 3.15. The SMILES string of the molecule is CCNC(=NCC1(CCOC)CCCC1)NCCC(=O)Nc1ccc(C)cn1. The maximum absolute atomic E-state index is 12.1. The number of guanidine groups is 1. The molecule has 7 nitrogen and oxygen atoms in total. The normalized spacial score (nSPS) is 16.0. The van der Waals surface area contributed by atoms with Gasteiger partial charge in [-0.1, -0.05) is 18.9 Å². The molecule has 1 aromatic heterocycles. The third-order valence-corrected chi connectivity index (χ3v) is 5.24. The number of hydrogen-bond acceptors (Lipinski definition) is 4. The summed E-state index contributed by atoms with van der Waals surface area (Å²) in [5, 5.41) is 9.36. The molecule has 1 saturated carbocycles. The fourth-order valence-electron chi connectivity index (χ4n) is 3.56. The van der Waals surface area contributed by atoms with E-state index >= 15 is 0 Å². The van der Waals surface area contributed by atoms with E-state index in [1.54, 1.807) is 13.3 Å². The average molecular weight is 390 g/mol. The smallest absolute Gasteiger partial charge is 0.227 e. The first-order valence-corrected chi connectivity index (χ1v) is 10.3. The molecule has 7 heteroatoms. The molecular weight excluding hydrogens is 354 g/mol. The number of aryl methyl sites for hydroxylation is 1. The molecule has 1 heterocycles. The molecule has 1 aromatic rings. The molecule has 28 heavy (non-hydrogen) atoms. The molecule has 0 bridgehead atoms. The van der Waals surface area contributed by atoms with Crippen molar-refractivity contribution in [2.75, 3.05) is 38.7 Å². The Balaban J connectivity index is 1.81. The van der Waals surface area contributed by atoms with Crippen molar-refractivity contribution in [2.45, 2.75) is 52.4 Å². The van der Waals surface area contributed by atoms with Crippen molar-refractivity contribution in [1.82, 2.24) is 15.6 Å². The van der Waals surface area contributed by atoms with Gasteiger partial charge in [-0.3, -0.25) is 9.79 Å². The number of nitrogens with zero attached hydrogens (tertiary/aromatic N) is 2. The van der Waals surface area contributed by atoms with E-state index in [1.165, 1.54) is 25.7 Å². The van der Waals surface area contributed by atoms with Gasteiger partial charge in [0.25, 0.3) is 0 Å². The number of pyridine rings is 1. The molecule has 0 unspecified atom stereocenters. The number of hydrogen-bond donors (Lipinski definition) is 3. The van der Waals surface area contributed by atoms with Gasteiger partial charge >= 0.3 is 0 Å². The van der Waals surface area contributed by atoms with Gasteiger partial charge in [-0.2, -0.15) is 0 Å². The molecule has 1 aliphatic rings. The number of aliphatic imine (C=N–C) groups is 1. The molecule has 0 atom stereocenters. The quantitative estimate of drug-likeness (QED) is 0.423. The van der Waals surface area contributed by atoms with Gasteiger partial charge in [0.05, 0.1) is 0 Å². The van der Waals surface area contributed by atoms with E-state index in [-0.39, 0.29) is 11.3 Å². The zero-order valence-corrected chi connectivity index (χ0v) is 17.5. The van der Waals surface area contributed by atoms with E-state index in [9.17, 15) is 4.79 Å². The van der Waals surface area contributed by atoms with Crippen LogP contribution in [0, 0.1) is 12.3 Å². The maximum atomic E-state index is 12.1. The van der Waals surface area contributed by atoms with Crippen LogP contribution in [0.4, 0.5) is 5.82 Å². The Morgan fingerprint density at radius 3 is 2.71 bits per heavy atom. The third-order valence-electron chi connectivity index (χ3n) is 5.24. The fourth-order valence-corrected chi connectivity index (χ4v) is 3.56. The van der Waals surface area contributed by atoms with E-state index in [4.69, 9.17) is 9.73 Å². The topological polar surface area (TPSA) is 87.6 Å². The van der Waals surface area contributed by atoms with Crippen LogP contribution < -0.4 is 16.0 Å². The number of anilines is 1. The molecule has 156 valence electrons. The highest BCUT2D eigenvalue weighted by Crippen LogP contribution is 2.41. The van der Waals surface area contributed by atoms with Crippen LogP contribution in [0.2, 0.25) is 0 Å². The second-order valence-electron chi connectivity index (χ2n) is 7.59. The van der Waals surface area contributed by atoms with Crippen LogP contribution >= 0.6 is 0 Å². The lowest BCUT2D eigenvalue weighted by molar-refractivity contribution is -0.116. The number of ether oxygens (including phenoxy) is 1. The van der Waals surface area contributed by atoms with E-state index < -0.39 is 0 Å². The van der Waals surface area contributed by atoms with Crippen LogP contribution in [0.5, 0.6) is 0 Å². The summed E-state index contributed by atoms with van der Waals surface area (Å²) in [5.74, 6) is 1.29. The van der Waals surface area contributed by atoms with Crippen molar-refractivity contribution < 1.29 is 9.53 Å². The summed E-state index contributed by atoms with van der Waals surface area (Å²) in [7, 11) is 1.76. The molecule has 2 rings (SSSR count). The standard InChI is InChI=1S/C21H35N5O2/c1-4-22-20(25-16-21(12-14-28-3)10-5-6-11-21)23-13-9-19(27)26-18-8-7-17(2)15-24-18/h7-8,15H,4-6,9-14,16H2,1-3H3,(H2,22,23,25)(H,24,26,27). The van der Waals surface area contributed by atoms with Crippen molar-refractivity contribution in [3.63, 3.8) is 0 Å². The number of rotatable bonds is 10. The van der Waals surface area contributed by atoms with Crippen molar-refractivity contribution >= 4 is 17.7 Å². The van der Waals surface area contributed by atoms with Gasteiger partial charge in [-0.05, 0) is 50.2 Å². The monoisotopic (exact) mass is 389 g/mol. The highest BCUT2D eigenvalue weighted by molar-refractivity contribution is 5.90. The number of methoxy groups -OCH3 is 1. The second-order valence-corrected chi connectivity index (χ2v) is 7.59. The van der Waals surface area contributed by atoms with Gasteiger partial charge in [-0.15, -0.1) is 0 Å². The van der Waals surface area contributed by atoms with Crippen molar-refractivity contribution in [3.05, 3.63) is 23.9 Å². The number of carbonyl (C=O) groups excluding carboxylic acids is 1. The van der Waals surface area contributed by atoms with E-state index in [2.05, 4.69) is 20.9 Å². The highest BCUT2D eigenvalue weighted by Gasteiger charge is 2.33. The minimum atomic E-state index is -0.0629. The number of carbonyl (C=O) groups is 1. The number of nitrogens with one attached hydrogen (secondary N) is 3. The fraction of sp³-hybridized carbons (Fsp3) is 0.667. The van der Waals surface area contributed by atoms with Gasteiger partial charge < -0.3 is 20.7 Å². The summed E-state index contributed by atoms with van der Waals surface area (Å²) in [4.78, 5) is 21.1. The van der Waals surface area contributed by atoms with Gasteiger partial charge in [0.15, 0.2) is 5.96 Å². The van der Waals surface area contributed by atoms with Crippen LogP contribution in [0.15, 0.2) is 23.3 Å². The summed E-state index contributed by atoms with van der Waals surface area (Å²) < 4.78 is 5.30. The molecule has 1 aliphatic carbocycles. The van der Waals surface area contributed by atoms with E-state index in [0.717, 1.165) is 37.6 Å². The molecule has 1 fully saturated rings. The van der Waals surface area contributed by atoms with Crippen molar-refractivity contribution in [2.24, 2.45) is 10.4 Å². The summed E-state index contributed by atoms with van der Waals surface area (Å²) >= 11 is 0. The molecular formula is C21H35N5O2. The van der Waals surface area contributed by atoms with Crippen molar-refractivity contribution in [3.8, 4) is 0 Å². The highest BCUT2D eigenvalue weighted by atomic mass is 16.5. The first-order valence-electron chi connectivity index (χ1n) is 10.3. The minimum absolute atomic E-state index is 0.0629. The largest absolute Gasteiger partial charge is 0.385 e. The maximum Gasteiger partial charge on any atom is 0.227 e. The molecule has 0 aliphatic heterocycles. The Morgan fingerprint density at radius 1 is 1.29 bits per heavy atom. The Morgan fingerprint density at radius 2 is 2.07 bits per heavy atom. The lowest BCUT2D eigenvalue weighted by Crippen LogP contribution is -2.39. The zero-order valence-electron chi connectivity index (χ0n) is 17.5. The Bertz CT molecular complexity index is 624. The lowest BCUT2D eigenvalue weighted by Gasteiger charge is -2.27. The Kier molecular flexibility index (Phi) is 9.20. The number of amides is 1. The Hall–Kier alpha value is -2.15. The molecule has 0 saturated heterocycles. The van der Waals surface area contributed by atoms with Crippen LogP contribution in [0.1, 0.15) is 51.0 Å². The summed E-state index contributed by atoms with van der Waals surface area (Å²) in [5.41, 5.74) is 1.32. The van der Waals surface area contributed by atoms with Crippen LogP contribution in [-0.4, -0.2) is 50.2 Å². The summed E-state index contributed by atoms with van der Waals surface area (Å²) in [6, 6.07) is 3.74. The van der Waals surface area contributed by atoms with E-state index in [0.29, 0.717) is 18.8 Å². The van der Waals surface area contributed by atoms with Gasteiger partial charge in [0, 0.05) is 46.0 Å². The second kappa shape index (κ2) is 11.6. The summed E-state index contributed by atoms with van der Waals surface area (Å²) in [6.45, 7) is 6.90. The molecule has 1 amide bonds. The molecule has 0 aromatic carbocycles. The van der Waals surface area contributed by atoms with Crippen LogP contribution in [0.25, 0.3) is 0 Å². The first kappa shape index (κ1) is 22.1. The number of aromatic nitrogens is 1.